The van der Waals surface area contributed by atoms with Gasteiger partial charge in [-0.2, -0.15) is 0 Å². The van der Waals surface area contributed by atoms with Crippen LogP contribution in [-0.4, -0.2) is 41.5 Å². The highest BCUT2D eigenvalue weighted by molar-refractivity contribution is 6.04. The summed E-state index contributed by atoms with van der Waals surface area (Å²) in [7, 11) is 0. The minimum atomic E-state index is -0.282. The van der Waals surface area contributed by atoms with Gasteiger partial charge in [-0.3, -0.25) is 24.1 Å². The molecule has 212 valence electrons. The largest absolute Gasteiger partial charge is 0.350 e. The molecule has 1 aliphatic rings. The van der Waals surface area contributed by atoms with E-state index in [9.17, 15) is 19.2 Å². The van der Waals surface area contributed by atoms with Crippen LogP contribution >= 0.6 is 0 Å². The molecule has 2 aromatic rings. The number of hydrogen-bond donors (Lipinski definition) is 1. The highest BCUT2D eigenvalue weighted by atomic mass is 16.2. The molecule has 6 heteroatoms. The van der Waals surface area contributed by atoms with Crippen molar-refractivity contribution in [2.45, 2.75) is 86.5 Å². The Labute approximate surface area is 234 Å². The number of amides is 3. The molecule has 0 radical (unpaired) electrons. The molecule has 6 nitrogen and oxygen atoms in total. The molecular weight excluding hydrogens is 488 g/mol. The Morgan fingerprint density at radius 1 is 0.769 bits per heavy atom. The maximum atomic E-state index is 12.4. The number of imide groups is 1. The van der Waals surface area contributed by atoms with E-state index in [0.29, 0.717) is 5.56 Å². The van der Waals surface area contributed by atoms with E-state index in [1.165, 1.54) is 10.5 Å². The summed E-state index contributed by atoms with van der Waals surface area (Å²) < 4.78 is 0. The third-order valence-electron chi connectivity index (χ3n) is 7.08. The monoisotopic (exact) mass is 534 g/mol. The normalized spacial score (nSPS) is 16.1. The van der Waals surface area contributed by atoms with Gasteiger partial charge in [0.25, 0.3) is 5.91 Å². The molecule has 1 N–H and O–H groups in total. The second-order valence-electron chi connectivity index (χ2n) is 13.5. The minimum Gasteiger partial charge on any atom is -0.350 e. The quantitative estimate of drug-likeness (QED) is 0.359. The second-order valence-corrected chi connectivity index (χ2v) is 13.5. The van der Waals surface area contributed by atoms with Gasteiger partial charge in [-0.15, -0.1) is 0 Å². The number of carbonyl (C=O) groups excluding carboxylic acids is 4. The van der Waals surface area contributed by atoms with E-state index in [-0.39, 0.29) is 65.2 Å². The highest BCUT2D eigenvalue weighted by Crippen LogP contribution is 2.35. The van der Waals surface area contributed by atoms with Crippen molar-refractivity contribution in [3.63, 3.8) is 0 Å². The predicted octanol–water partition coefficient (Wildman–Crippen LogP) is 6.32. The lowest BCUT2D eigenvalue weighted by Gasteiger charge is -2.24. The number of nitrogens with zero attached hydrogens (tertiary/aromatic N) is 1. The second kappa shape index (κ2) is 12.3. The van der Waals surface area contributed by atoms with Crippen LogP contribution in [-0.2, 0) is 20.4 Å². The van der Waals surface area contributed by atoms with Gasteiger partial charge in [0.15, 0.2) is 5.78 Å². The fourth-order valence-electron chi connectivity index (χ4n) is 4.30. The van der Waals surface area contributed by atoms with Crippen molar-refractivity contribution in [1.82, 2.24) is 10.2 Å². The molecule has 1 heterocycles. The molecule has 3 rings (SSSR count). The molecule has 39 heavy (non-hydrogen) atoms. The Kier molecular flexibility index (Phi) is 10.0. The van der Waals surface area contributed by atoms with Gasteiger partial charge in [0.1, 0.15) is 0 Å². The fraction of sp³-hybridized carbons (Fsp3) is 0.515. The lowest BCUT2D eigenvalue weighted by Crippen LogP contribution is -2.39. The number of rotatable bonds is 5. The van der Waals surface area contributed by atoms with E-state index in [0.717, 1.165) is 11.1 Å². The number of nitrogens with one attached hydrogen (secondary N) is 1. The zero-order valence-electron chi connectivity index (χ0n) is 25.4. The van der Waals surface area contributed by atoms with Crippen molar-refractivity contribution >= 4 is 23.5 Å². The number of carbonyl (C=O) groups is 4. The summed E-state index contributed by atoms with van der Waals surface area (Å²) in [6, 6.07) is 15.3. The average molecular weight is 535 g/mol. The van der Waals surface area contributed by atoms with E-state index in [2.05, 4.69) is 46.9 Å². The summed E-state index contributed by atoms with van der Waals surface area (Å²) in [4.78, 5) is 49.1. The number of hydrogen-bond acceptors (Lipinski definition) is 4. The number of likely N-dealkylation sites (tertiary alicyclic amines) is 1. The third kappa shape index (κ3) is 8.87. The molecule has 0 spiro atoms. The molecule has 1 atom stereocenters. The van der Waals surface area contributed by atoms with Crippen molar-refractivity contribution in [1.29, 1.82) is 0 Å². The van der Waals surface area contributed by atoms with Crippen molar-refractivity contribution in [2.24, 2.45) is 11.3 Å². The van der Waals surface area contributed by atoms with Crippen LogP contribution in [0.4, 0.5) is 0 Å². The maximum absolute atomic E-state index is 12.4. The van der Waals surface area contributed by atoms with Crippen LogP contribution in [0.2, 0.25) is 0 Å². The Bertz CT molecular complexity index is 1170. The van der Waals surface area contributed by atoms with Crippen LogP contribution in [0.1, 0.15) is 108 Å². The Balaban J connectivity index is 0.000000344. The molecule has 0 aliphatic carbocycles. The predicted molar refractivity (Wildman–Crippen MR) is 157 cm³/mol. The van der Waals surface area contributed by atoms with Crippen LogP contribution in [0, 0.1) is 11.3 Å². The van der Waals surface area contributed by atoms with E-state index in [4.69, 9.17) is 0 Å². The van der Waals surface area contributed by atoms with Crippen LogP contribution in [0.25, 0.3) is 0 Å². The minimum absolute atomic E-state index is 0.0368. The van der Waals surface area contributed by atoms with Gasteiger partial charge in [0.05, 0.1) is 5.92 Å². The standard InChI is InChI=1S/C21H30N2O3.C12H16O/c1-20(2,3)15-9-7-14(8-10-15)18(25)22-11-12-23-17(24)13-16(19(23)26)21(4,5)6;1-9(13)10-5-7-11(8-6-10)12(2,3)4/h7-10,16H,11-13H2,1-6H3,(H,22,25);5-8H,1-4H3. The highest BCUT2D eigenvalue weighted by Gasteiger charge is 2.44. The molecular formula is C33H46N2O4. The smallest absolute Gasteiger partial charge is 0.251 e. The van der Waals surface area contributed by atoms with E-state index < -0.39 is 0 Å². The summed E-state index contributed by atoms with van der Waals surface area (Å²) in [5.41, 5.74) is 3.75. The first-order valence-corrected chi connectivity index (χ1v) is 13.7. The zero-order valence-corrected chi connectivity index (χ0v) is 25.4. The number of ketones is 1. The molecule has 1 unspecified atom stereocenters. The van der Waals surface area contributed by atoms with Crippen LogP contribution in [0.3, 0.4) is 0 Å². The van der Waals surface area contributed by atoms with Gasteiger partial charge in [0, 0.05) is 30.6 Å². The van der Waals surface area contributed by atoms with Crippen LogP contribution < -0.4 is 5.32 Å². The van der Waals surface area contributed by atoms with Crippen molar-refractivity contribution in [2.75, 3.05) is 13.1 Å². The van der Waals surface area contributed by atoms with Crippen molar-refractivity contribution < 1.29 is 19.2 Å². The van der Waals surface area contributed by atoms with Crippen molar-refractivity contribution in [3.8, 4) is 0 Å². The van der Waals surface area contributed by atoms with Crippen LogP contribution in [0.15, 0.2) is 48.5 Å². The van der Waals surface area contributed by atoms with E-state index in [1.807, 2.05) is 57.2 Å². The summed E-state index contributed by atoms with van der Waals surface area (Å²) in [5.74, 6) is -0.641. The molecule has 2 aromatic carbocycles. The zero-order chi connectivity index (χ0) is 29.8. The molecule has 0 bridgehead atoms. The lowest BCUT2D eigenvalue weighted by molar-refractivity contribution is -0.140. The van der Waals surface area contributed by atoms with Gasteiger partial charge >= 0.3 is 0 Å². The van der Waals surface area contributed by atoms with E-state index >= 15 is 0 Å². The Hall–Kier alpha value is -3.28. The SMILES string of the molecule is CC(=O)c1ccc(C(C)(C)C)cc1.CC(C)(C)c1ccc(C(=O)NCCN2C(=O)CC(C(C)(C)C)C2=O)cc1. The van der Waals surface area contributed by atoms with Gasteiger partial charge in [0.2, 0.25) is 11.8 Å². The molecule has 3 amide bonds. The number of benzene rings is 2. The fourth-order valence-corrected chi connectivity index (χ4v) is 4.30. The molecule has 1 fully saturated rings. The van der Waals surface area contributed by atoms with Gasteiger partial charge in [-0.05, 0) is 46.4 Å². The first kappa shape index (κ1) is 31.9. The van der Waals surface area contributed by atoms with Gasteiger partial charge in [-0.1, -0.05) is 98.7 Å². The van der Waals surface area contributed by atoms with E-state index in [1.54, 1.807) is 19.1 Å². The molecule has 0 saturated carbocycles. The third-order valence-corrected chi connectivity index (χ3v) is 7.08. The summed E-state index contributed by atoms with van der Waals surface area (Å²) in [5, 5.41) is 2.79. The van der Waals surface area contributed by atoms with Crippen LogP contribution in [0.5, 0.6) is 0 Å². The molecule has 1 saturated heterocycles. The molecule has 0 aromatic heterocycles. The average Bonchev–Trinajstić information content (AvgIpc) is 3.12. The summed E-state index contributed by atoms with van der Waals surface area (Å²) in [6.45, 7) is 20.8. The maximum Gasteiger partial charge on any atom is 0.251 e. The summed E-state index contributed by atoms with van der Waals surface area (Å²) in [6.07, 6.45) is 0.255. The Morgan fingerprint density at radius 2 is 1.21 bits per heavy atom. The number of Topliss-reactive ketones (excluding diaryl/α,β-unsaturated/α-hetero) is 1. The van der Waals surface area contributed by atoms with Gasteiger partial charge < -0.3 is 5.32 Å². The first-order valence-electron chi connectivity index (χ1n) is 13.7. The Morgan fingerprint density at radius 3 is 1.56 bits per heavy atom. The van der Waals surface area contributed by atoms with Gasteiger partial charge in [-0.25, -0.2) is 0 Å². The molecule has 1 aliphatic heterocycles. The first-order chi connectivity index (χ1) is 17.8. The lowest BCUT2D eigenvalue weighted by atomic mass is 9.80. The topological polar surface area (TPSA) is 83.6 Å². The summed E-state index contributed by atoms with van der Waals surface area (Å²) >= 11 is 0. The van der Waals surface area contributed by atoms with Crippen molar-refractivity contribution in [3.05, 3.63) is 70.8 Å².